The summed E-state index contributed by atoms with van der Waals surface area (Å²) in [5.41, 5.74) is -0.0816. The van der Waals surface area contributed by atoms with E-state index in [0.717, 1.165) is 38.5 Å². The first-order valence-corrected chi connectivity index (χ1v) is 11.3. The standard InChI is InChI=1S/C22H31N5O4/c1-26(2)19(28)16-10-23-20(24-11-16)25-17-3-4-27(12-17)21(29)31-18-14-5-13-6-15(18)9-22(30,7-13)8-14/h10-11,13-15,17-18,30H,3-9,12H2,1-2H3,(H,23,24,25)/t13?,14-,15?,17+,18?,22-/m0/s1. The quantitative estimate of drug-likeness (QED) is 0.751. The van der Waals surface area contributed by atoms with Crippen molar-refractivity contribution in [3.05, 3.63) is 18.0 Å². The van der Waals surface area contributed by atoms with E-state index in [9.17, 15) is 14.7 Å². The van der Waals surface area contributed by atoms with Gasteiger partial charge in [0, 0.05) is 45.6 Å². The lowest BCUT2D eigenvalue weighted by Gasteiger charge is -2.57. The number of aliphatic hydroxyl groups is 1. The first-order chi connectivity index (χ1) is 14.8. The Morgan fingerprint density at radius 3 is 2.48 bits per heavy atom. The molecule has 6 atom stereocenters. The number of hydrogen-bond acceptors (Lipinski definition) is 7. The van der Waals surface area contributed by atoms with Gasteiger partial charge in [-0.1, -0.05) is 0 Å². The van der Waals surface area contributed by atoms with Gasteiger partial charge in [0.2, 0.25) is 5.95 Å². The number of carbonyl (C=O) groups is 2. The number of aromatic nitrogens is 2. The number of likely N-dealkylation sites (tertiary alicyclic amines) is 1. The van der Waals surface area contributed by atoms with Crippen LogP contribution in [0.1, 0.15) is 48.9 Å². The van der Waals surface area contributed by atoms with Crippen LogP contribution in [0.2, 0.25) is 0 Å². The Labute approximate surface area is 182 Å². The summed E-state index contributed by atoms with van der Waals surface area (Å²) >= 11 is 0. The minimum atomic E-state index is -0.519. The summed E-state index contributed by atoms with van der Waals surface area (Å²) in [6.07, 6.45) is 8.12. The Hall–Kier alpha value is -2.42. The van der Waals surface area contributed by atoms with Gasteiger partial charge < -0.3 is 25.0 Å². The van der Waals surface area contributed by atoms with Crippen LogP contribution in [-0.2, 0) is 4.74 Å². The molecule has 0 aromatic carbocycles. The van der Waals surface area contributed by atoms with Crippen molar-refractivity contribution in [1.82, 2.24) is 19.8 Å². The molecule has 6 rings (SSSR count). The van der Waals surface area contributed by atoms with Crippen LogP contribution in [0.15, 0.2) is 12.4 Å². The van der Waals surface area contributed by atoms with Gasteiger partial charge in [-0.25, -0.2) is 14.8 Å². The van der Waals surface area contributed by atoms with Gasteiger partial charge in [0.05, 0.1) is 11.2 Å². The second kappa shape index (κ2) is 7.62. The van der Waals surface area contributed by atoms with Crippen molar-refractivity contribution in [2.45, 2.75) is 56.3 Å². The summed E-state index contributed by atoms with van der Waals surface area (Å²) in [7, 11) is 3.37. The maximum Gasteiger partial charge on any atom is 0.410 e. The lowest BCUT2D eigenvalue weighted by atomic mass is 9.53. The van der Waals surface area contributed by atoms with E-state index in [-0.39, 0.29) is 24.1 Å². The van der Waals surface area contributed by atoms with Crippen LogP contribution in [0.25, 0.3) is 0 Å². The number of hydrogen-bond donors (Lipinski definition) is 2. The molecule has 2 amide bonds. The molecule has 4 aliphatic carbocycles. The van der Waals surface area contributed by atoms with E-state index in [1.165, 1.54) is 17.3 Å². The predicted molar refractivity (Wildman–Crippen MR) is 112 cm³/mol. The number of nitrogens with one attached hydrogen (secondary N) is 1. The van der Waals surface area contributed by atoms with Gasteiger partial charge in [0.15, 0.2) is 0 Å². The predicted octanol–water partition coefficient (Wildman–Crippen LogP) is 1.74. The Kier molecular flexibility index (Phi) is 5.03. The molecule has 9 nitrogen and oxygen atoms in total. The molecule has 1 aromatic rings. The number of ether oxygens (including phenoxy) is 1. The summed E-state index contributed by atoms with van der Waals surface area (Å²) in [5, 5.41) is 14.0. The van der Waals surface area contributed by atoms with E-state index in [0.29, 0.717) is 42.4 Å². The highest BCUT2D eigenvalue weighted by atomic mass is 16.6. The van der Waals surface area contributed by atoms with Gasteiger partial charge in [0.25, 0.3) is 5.91 Å². The van der Waals surface area contributed by atoms with Crippen molar-refractivity contribution in [2.75, 3.05) is 32.5 Å². The van der Waals surface area contributed by atoms with Gasteiger partial charge in [-0.3, -0.25) is 4.79 Å². The minimum absolute atomic E-state index is 0.0437. The zero-order chi connectivity index (χ0) is 21.8. The maximum absolute atomic E-state index is 12.8. The smallest absolute Gasteiger partial charge is 0.410 e. The summed E-state index contributed by atoms with van der Waals surface area (Å²) < 4.78 is 5.99. The van der Waals surface area contributed by atoms with Crippen molar-refractivity contribution in [2.24, 2.45) is 17.8 Å². The highest BCUT2D eigenvalue weighted by molar-refractivity contribution is 5.93. The van der Waals surface area contributed by atoms with Crippen LogP contribution in [0.5, 0.6) is 0 Å². The fourth-order valence-corrected chi connectivity index (χ4v) is 6.32. The van der Waals surface area contributed by atoms with Gasteiger partial charge in [-0.15, -0.1) is 0 Å². The topological polar surface area (TPSA) is 108 Å². The molecule has 0 spiro atoms. The number of amides is 2. The van der Waals surface area contributed by atoms with Crippen LogP contribution in [-0.4, -0.2) is 81.8 Å². The first-order valence-electron chi connectivity index (χ1n) is 11.3. The molecule has 5 fully saturated rings. The Bertz CT molecular complexity index is 844. The molecule has 2 N–H and O–H groups in total. The van der Waals surface area contributed by atoms with Crippen LogP contribution in [0.4, 0.5) is 10.7 Å². The Balaban J connectivity index is 1.14. The van der Waals surface area contributed by atoms with E-state index < -0.39 is 5.60 Å². The summed E-state index contributed by atoms with van der Waals surface area (Å²) in [5.74, 6) is 1.50. The fourth-order valence-electron chi connectivity index (χ4n) is 6.32. The normalized spacial score (nSPS) is 35.8. The summed E-state index contributed by atoms with van der Waals surface area (Å²) in [4.78, 5) is 36.5. The number of carbonyl (C=O) groups excluding carboxylic acids is 2. The largest absolute Gasteiger partial charge is 0.446 e. The molecular formula is C22H31N5O4. The van der Waals surface area contributed by atoms with Gasteiger partial charge >= 0.3 is 6.09 Å². The highest BCUT2D eigenvalue weighted by Crippen LogP contribution is 2.56. The van der Waals surface area contributed by atoms with Gasteiger partial charge in [-0.05, 0) is 56.3 Å². The third kappa shape index (κ3) is 3.95. The molecule has 0 radical (unpaired) electrons. The molecule has 1 aromatic heterocycles. The minimum Gasteiger partial charge on any atom is -0.446 e. The molecule has 168 valence electrons. The van der Waals surface area contributed by atoms with E-state index >= 15 is 0 Å². The third-order valence-electron chi connectivity index (χ3n) is 7.48. The van der Waals surface area contributed by atoms with Crippen LogP contribution in [0, 0.1) is 17.8 Å². The van der Waals surface area contributed by atoms with Gasteiger partial charge in [0.1, 0.15) is 6.10 Å². The van der Waals surface area contributed by atoms with Crippen LogP contribution in [0.3, 0.4) is 0 Å². The summed E-state index contributed by atoms with van der Waals surface area (Å²) in [6.45, 7) is 1.16. The van der Waals surface area contributed by atoms with Crippen molar-refractivity contribution in [3.63, 3.8) is 0 Å². The van der Waals surface area contributed by atoms with E-state index in [2.05, 4.69) is 15.3 Å². The van der Waals surface area contributed by atoms with Crippen LogP contribution < -0.4 is 5.32 Å². The second-order valence-corrected chi connectivity index (χ2v) is 10.1. The molecule has 5 aliphatic rings. The number of rotatable bonds is 4. The van der Waals surface area contributed by atoms with E-state index in [1.54, 1.807) is 19.0 Å². The molecule has 3 unspecified atom stereocenters. The van der Waals surface area contributed by atoms with Gasteiger partial charge in [-0.2, -0.15) is 0 Å². The lowest BCUT2D eigenvalue weighted by molar-refractivity contribution is -0.177. The molecule has 31 heavy (non-hydrogen) atoms. The van der Waals surface area contributed by atoms with Crippen LogP contribution >= 0.6 is 0 Å². The second-order valence-electron chi connectivity index (χ2n) is 10.1. The Morgan fingerprint density at radius 2 is 1.87 bits per heavy atom. The first kappa shape index (κ1) is 20.5. The highest BCUT2D eigenvalue weighted by Gasteiger charge is 2.56. The number of nitrogens with zero attached hydrogens (tertiary/aromatic N) is 4. The Morgan fingerprint density at radius 1 is 1.19 bits per heavy atom. The molecule has 9 heteroatoms. The van der Waals surface area contributed by atoms with Crippen molar-refractivity contribution >= 4 is 17.9 Å². The average Bonchev–Trinajstić information content (AvgIpc) is 3.18. The van der Waals surface area contributed by atoms with Crippen molar-refractivity contribution in [1.29, 1.82) is 0 Å². The third-order valence-corrected chi connectivity index (χ3v) is 7.48. The molecule has 2 heterocycles. The van der Waals surface area contributed by atoms with Crippen molar-refractivity contribution in [3.8, 4) is 0 Å². The lowest BCUT2D eigenvalue weighted by Crippen LogP contribution is -2.58. The molecule has 4 bridgehead atoms. The SMILES string of the molecule is CN(C)C(=O)c1cnc(N[C@@H]2CCN(C(=O)OC3C4CC5C[C@H]3C[C@@](O)(C5)C4)C2)nc1. The monoisotopic (exact) mass is 429 g/mol. The van der Waals surface area contributed by atoms with Crippen molar-refractivity contribution < 1.29 is 19.4 Å². The molecule has 4 saturated carbocycles. The summed E-state index contributed by atoms with van der Waals surface area (Å²) in [6, 6.07) is 0.0437. The van der Waals surface area contributed by atoms with E-state index in [4.69, 9.17) is 4.74 Å². The average molecular weight is 430 g/mol. The maximum atomic E-state index is 12.8. The molecule has 1 aliphatic heterocycles. The zero-order valence-corrected chi connectivity index (χ0v) is 18.2. The molecule has 1 saturated heterocycles. The van der Waals surface area contributed by atoms with E-state index in [1.807, 2.05) is 0 Å². The molecular weight excluding hydrogens is 398 g/mol. The number of anilines is 1. The zero-order valence-electron chi connectivity index (χ0n) is 18.2. The fraction of sp³-hybridized carbons (Fsp3) is 0.727.